The maximum absolute atomic E-state index is 14.4. The van der Waals surface area contributed by atoms with E-state index in [1.165, 1.54) is 12.3 Å². The van der Waals surface area contributed by atoms with Gasteiger partial charge in [-0.3, -0.25) is 4.98 Å². The first-order valence-corrected chi connectivity index (χ1v) is 11.7. The van der Waals surface area contributed by atoms with E-state index < -0.39 is 11.1 Å². The van der Waals surface area contributed by atoms with Crippen molar-refractivity contribution in [3.63, 3.8) is 0 Å². The van der Waals surface area contributed by atoms with Gasteiger partial charge in [0, 0.05) is 36.1 Å². The molecule has 0 fully saturated rings. The maximum atomic E-state index is 14.4. The molecule has 8 heteroatoms. The standard InChI is InChI=1S/C26H24F3N3OS/c1-17-6-3-9-21(14-17)33-13-5-8-18-10-11-20(15-22(18)26(2,28)29)31-25-32-23(24(27)34-25)19-7-4-12-30-16-19/h3-4,6-7,9-12,14-16H,5,8,13H2,1-2H3,(H,31,32). The highest BCUT2D eigenvalue weighted by Gasteiger charge is 2.28. The van der Waals surface area contributed by atoms with Crippen molar-refractivity contribution in [2.75, 3.05) is 11.9 Å². The Hall–Kier alpha value is -3.39. The van der Waals surface area contributed by atoms with Gasteiger partial charge in [0.25, 0.3) is 5.92 Å². The minimum absolute atomic E-state index is 0.0717. The molecule has 0 aliphatic heterocycles. The largest absolute Gasteiger partial charge is 0.494 e. The first-order valence-electron chi connectivity index (χ1n) is 10.8. The van der Waals surface area contributed by atoms with Crippen LogP contribution in [0.15, 0.2) is 67.0 Å². The summed E-state index contributed by atoms with van der Waals surface area (Å²) in [6.07, 6.45) is 4.16. The summed E-state index contributed by atoms with van der Waals surface area (Å²) in [5, 5.41) is 2.77. The second-order valence-electron chi connectivity index (χ2n) is 8.04. The van der Waals surface area contributed by atoms with Gasteiger partial charge >= 0.3 is 0 Å². The fraction of sp³-hybridized carbons (Fsp3) is 0.231. The molecule has 2 aromatic carbocycles. The van der Waals surface area contributed by atoms with Crippen molar-refractivity contribution in [1.82, 2.24) is 9.97 Å². The SMILES string of the molecule is Cc1cccc(OCCCc2ccc(Nc3nc(-c4cccnc4)c(F)s3)cc2C(C)(F)F)c1. The molecule has 0 aliphatic carbocycles. The van der Waals surface area contributed by atoms with Gasteiger partial charge in [-0.05, 0) is 67.3 Å². The van der Waals surface area contributed by atoms with E-state index in [0.29, 0.717) is 36.3 Å². The van der Waals surface area contributed by atoms with Gasteiger partial charge in [0.15, 0.2) is 5.13 Å². The number of halogens is 3. The third-order valence-corrected chi connectivity index (χ3v) is 5.96. The number of nitrogens with one attached hydrogen (secondary N) is 1. The molecule has 34 heavy (non-hydrogen) atoms. The van der Waals surface area contributed by atoms with Crippen LogP contribution in [0.5, 0.6) is 5.75 Å². The van der Waals surface area contributed by atoms with Gasteiger partial charge in [0.1, 0.15) is 11.4 Å². The number of alkyl halides is 2. The van der Waals surface area contributed by atoms with Crippen LogP contribution in [0.4, 0.5) is 24.0 Å². The molecule has 1 N–H and O–H groups in total. The van der Waals surface area contributed by atoms with Gasteiger partial charge in [-0.25, -0.2) is 13.8 Å². The minimum Gasteiger partial charge on any atom is -0.494 e. The maximum Gasteiger partial charge on any atom is 0.270 e. The van der Waals surface area contributed by atoms with Crippen molar-refractivity contribution in [3.05, 3.63) is 88.8 Å². The molecule has 0 atom stereocenters. The Morgan fingerprint density at radius 1 is 1.09 bits per heavy atom. The lowest BCUT2D eigenvalue weighted by molar-refractivity contribution is 0.0165. The van der Waals surface area contributed by atoms with Gasteiger partial charge in [-0.1, -0.05) is 29.5 Å². The van der Waals surface area contributed by atoms with Crippen molar-refractivity contribution in [2.45, 2.75) is 32.6 Å². The molecule has 176 valence electrons. The highest BCUT2D eigenvalue weighted by atomic mass is 32.1. The van der Waals surface area contributed by atoms with E-state index in [0.717, 1.165) is 29.6 Å². The predicted molar refractivity (Wildman–Crippen MR) is 130 cm³/mol. The molecule has 0 bridgehead atoms. The third kappa shape index (κ3) is 5.94. The van der Waals surface area contributed by atoms with Crippen LogP contribution in [0.2, 0.25) is 0 Å². The first kappa shape index (κ1) is 23.8. The molecule has 2 heterocycles. The van der Waals surface area contributed by atoms with E-state index >= 15 is 0 Å². The molecule has 0 saturated carbocycles. The van der Waals surface area contributed by atoms with E-state index in [2.05, 4.69) is 15.3 Å². The second-order valence-corrected chi connectivity index (χ2v) is 8.99. The minimum atomic E-state index is -3.03. The Morgan fingerprint density at radius 3 is 2.68 bits per heavy atom. The second kappa shape index (κ2) is 10.3. The Labute approximate surface area is 200 Å². The van der Waals surface area contributed by atoms with Crippen LogP contribution in [0, 0.1) is 12.1 Å². The smallest absolute Gasteiger partial charge is 0.270 e. The van der Waals surface area contributed by atoms with Crippen LogP contribution in [0.25, 0.3) is 11.3 Å². The van der Waals surface area contributed by atoms with E-state index in [-0.39, 0.29) is 16.4 Å². The van der Waals surface area contributed by atoms with E-state index in [1.54, 1.807) is 30.5 Å². The average molecular weight is 484 g/mol. The number of benzene rings is 2. The summed E-state index contributed by atoms with van der Waals surface area (Å²) in [5.74, 6) is -2.26. The highest BCUT2D eigenvalue weighted by molar-refractivity contribution is 7.14. The summed E-state index contributed by atoms with van der Waals surface area (Å²) in [5.41, 5.74) is 2.72. The molecule has 0 spiro atoms. The summed E-state index contributed by atoms with van der Waals surface area (Å²) < 4.78 is 49.0. The predicted octanol–water partition coefficient (Wildman–Crippen LogP) is 7.52. The summed E-state index contributed by atoms with van der Waals surface area (Å²) in [4.78, 5) is 8.25. The average Bonchev–Trinajstić information content (AvgIpc) is 3.17. The number of ether oxygens (including phenoxy) is 1. The van der Waals surface area contributed by atoms with E-state index in [1.807, 2.05) is 31.2 Å². The Bertz CT molecular complexity index is 1260. The van der Waals surface area contributed by atoms with E-state index in [4.69, 9.17) is 4.74 Å². The molecular formula is C26H24F3N3OS. The number of nitrogens with zero attached hydrogens (tertiary/aromatic N) is 2. The first-order chi connectivity index (χ1) is 16.3. The molecule has 2 aromatic heterocycles. The summed E-state index contributed by atoms with van der Waals surface area (Å²) in [7, 11) is 0. The number of rotatable bonds is 9. The lowest BCUT2D eigenvalue weighted by atomic mass is 9.98. The zero-order valence-corrected chi connectivity index (χ0v) is 19.6. The van der Waals surface area contributed by atoms with Crippen molar-refractivity contribution in [3.8, 4) is 17.0 Å². The number of anilines is 2. The van der Waals surface area contributed by atoms with Crippen LogP contribution in [-0.2, 0) is 12.3 Å². The quantitative estimate of drug-likeness (QED) is 0.250. The molecule has 0 radical (unpaired) electrons. The van der Waals surface area contributed by atoms with Gasteiger partial charge in [-0.2, -0.15) is 4.39 Å². The topological polar surface area (TPSA) is 47.0 Å². The monoisotopic (exact) mass is 483 g/mol. The van der Waals surface area contributed by atoms with Gasteiger partial charge in [0.05, 0.1) is 6.61 Å². The lowest BCUT2D eigenvalue weighted by Gasteiger charge is -2.18. The molecule has 0 amide bonds. The zero-order chi connectivity index (χ0) is 24.1. The fourth-order valence-corrected chi connectivity index (χ4v) is 4.33. The summed E-state index contributed by atoms with van der Waals surface area (Å²) in [6, 6.07) is 15.9. The highest BCUT2D eigenvalue weighted by Crippen LogP contribution is 2.35. The lowest BCUT2D eigenvalue weighted by Crippen LogP contribution is -2.12. The summed E-state index contributed by atoms with van der Waals surface area (Å²) in [6.45, 7) is 3.29. The molecule has 4 nitrogen and oxygen atoms in total. The molecule has 0 saturated heterocycles. The van der Waals surface area contributed by atoms with Crippen LogP contribution < -0.4 is 10.1 Å². The number of aryl methyl sites for hydroxylation is 2. The third-order valence-electron chi connectivity index (χ3n) is 5.20. The number of hydrogen-bond donors (Lipinski definition) is 1. The van der Waals surface area contributed by atoms with Gasteiger partial charge in [0.2, 0.25) is 5.13 Å². The molecule has 4 rings (SSSR count). The van der Waals surface area contributed by atoms with Crippen molar-refractivity contribution >= 4 is 22.2 Å². The molecule has 4 aromatic rings. The fourth-order valence-electron chi connectivity index (χ4n) is 3.60. The van der Waals surface area contributed by atoms with Crippen LogP contribution in [0.3, 0.4) is 0 Å². The molecular weight excluding hydrogens is 459 g/mol. The number of aromatic nitrogens is 2. The Balaban J connectivity index is 1.45. The molecule has 0 aliphatic rings. The van der Waals surface area contributed by atoms with Gasteiger partial charge < -0.3 is 10.1 Å². The normalized spacial score (nSPS) is 11.4. The Morgan fingerprint density at radius 2 is 1.94 bits per heavy atom. The summed E-state index contributed by atoms with van der Waals surface area (Å²) >= 11 is 0.817. The number of thiazole rings is 1. The number of pyridine rings is 1. The van der Waals surface area contributed by atoms with E-state index in [9.17, 15) is 13.2 Å². The van der Waals surface area contributed by atoms with Gasteiger partial charge in [-0.15, -0.1) is 0 Å². The number of hydrogen-bond acceptors (Lipinski definition) is 5. The van der Waals surface area contributed by atoms with Crippen LogP contribution in [-0.4, -0.2) is 16.6 Å². The van der Waals surface area contributed by atoms with Crippen LogP contribution in [0.1, 0.15) is 30.0 Å². The van der Waals surface area contributed by atoms with Crippen molar-refractivity contribution in [1.29, 1.82) is 0 Å². The van der Waals surface area contributed by atoms with Crippen LogP contribution >= 0.6 is 11.3 Å². The molecule has 0 unspecified atom stereocenters. The van der Waals surface area contributed by atoms with Crippen molar-refractivity contribution in [2.24, 2.45) is 0 Å². The van der Waals surface area contributed by atoms with Crippen molar-refractivity contribution < 1.29 is 17.9 Å². The Kier molecular flexibility index (Phi) is 7.17. The zero-order valence-electron chi connectivity index (χ0n) is 18.8.